The molecule has 2 aromatic carbocycles. The van der Waals surface area contributed by atoms with E-state index in [2.05, 4.69) is 27.4 Å². The van der Waals surface area contributed by atoms with E-state index >= 15 is 0 Å². The molecule has 3 N–H and O–H groups in total. The summed E-state index contributed by atoms with van der Waals surface area (Å²) in [6.07, 6.45) is 4.48. The molecule has 0 atom stereocenters. The molecule has 0 saturated heterocycles. The maximum atomic E-state index is 12.5. The lowest BCUT2D eigenvalue weighted by molar-refractivity contribution is 0.0938. The summed E-state index contributed by atoms with van der Waals surface area (Å²) in [5.41, 5.74) is 3.80. The van der Waals surface area contributed by atoms with Gasteiger partial charge < -0.3 is 15.3 Å². The summed E-state index contributed by atoms with van der Waals surface area (Å²) in [6.45, 7) is 0.737. The molecule has 1 saturated carbocycles. The molecule has 4 aromatic rings. The predicted octanol–water partition coefficient (Wildman–Crippen LogP) is 4.75. The van der Waals surface area contributed by atoms with Gasteiger partial charge in [-0.15, -0.1) is 0 Å². The van der Waals surface area contributed by atoms with E-state index in [0.29, 0.717) is 17.5 Å². The van der Waals surface area contributed by atoms with Gasteiger partial charge in [-0.1, -0.05) is 30.3 Å². The molecule has 5 rings (SSSR count). The second-order valence-electron chi connectivity index (χ2n) is 7.84. The number of carbonyl (C=O) groups excluding carboxylic acids is 1. The van der Waals surface area contributed by atoms with Gasteiger partial charge in [0.15, 0.2) is 0 Å². The van der Waals surface area contributed by atoms with Gasteiger partial charge in [-0.05, 0) is 55.9 Å². The number of aromatic nitrogens is 3. The number of imidazole rings is 1. The first kappa shape index (κ1) is 17.0. The minimum Gasteiger partial charge on any atom is -0.351 e. The third kappa shape index (κ3) is 3.28. The van der Waals surface area contributed by atoms with E-state index in [4.69, 9.17) is 4.98 Å². The molecule has 0 unspecified atom stereocenters. The Bertz CT molecular complexity index is 1050. The van der Waals surface area contributed by atoms with E-state index < -0.39 is 0 Å². The monoisotopic (exact) mass is 372 g/mol. The van der Waals surface area contributed by atoms with Gasteiger partial charge in [0.05, 0.1) is 11.0 Å². The Morgan fingerprint density at radius 2 is 1.71 bits per heavy atom. The molecule has 1 fully saturated rings. The number of amides is 1. The average Bonchev–Trinajstić information content (AvgIpc) is 3.36. The first-order valence-corrected chi connectivity index (χ1v) is 10.1. The third-order valence-electron chi connectivity index (χ3n) is 5.97. The molecule has 28 heavy (non-hydrogen) atoms. The summed E-state index contributed by atoms with van der Waals surface area (Å²) in [6, 6.07) is 18.1. The van der Waals surface area contributed by atoms with E-state index in [1.54, 1.807) is 0 Å². The second kappa shape index (κ2) is 7.15. The van der Waals surface area contributed by atoms with Gasteiger partial charge in [0.1, 0.15) is 11.5 Å². The lowest BCUT2D eigenvalue weighted by Gasteiger charge is -2.27. The zero-order valence-corrected chi connectivity index (χ0v) is 15.7. The van der Waals surface area contributed by atoms with Gasteiger partial charge in [0.2, 0.25) is 0 Å². The number of para-hydroxylation sites is 3. The topological polar surface area (TPSA) is 73.6 Å². The fourth-order valence-corrected chi connectivity index (χ4v) is 4.33. The molecular weight excluding hydrogens is 348 g/mol. The van der Waals surface area contributed by atoms with Crippen molar-refractivity contribution in [3.05, 3.63) is 66.1 Å². The zero-order chi connectivity index (χ0) is 18.9. The second-order valence-corrected chi connectivity index (χ2v) is 7.84. The fourth-order valence-electron chi connectivity index (χ4n) is 4.33. The Kier molecular flexibility index (Phi) is 4.35. The summed E-state index contributed by atoms with van der Waals surface area (Å²) < 4.78 is 0. The Balaban J connectivity index is 1.16. The summed E-state index contributed by atoms with van der Waals surface area (Å²) in [4.78, 5) is 23.9. The molecule has 142 valence electrons. The van der Waals surface area contributed by atoms with Crippen LogP contribution in [0.15, 0.2) is 54.6 Å². The molecule has 0 bridgehead atoms. The Morgan fingerprint density at radius 3 is 2.50 bits per heavy atom. The van der Waals surface area contributed by atoms with Gasteiger partial charge in [0.25, 0.3) is 5.91 Å². The lowest BCUT2D eigenvalue weighted by atomic mass is 9.81. The van der Waals surface area contributed by atoms with Crippen LogP contribution in [-0.4, -0.2) is 27.4 Å². The number of benzene rings is 2. The van der Waals surface area contributed by atoms with E-state index in [1.807, 2.05) is 42.5 Å². The number of aromatic amines is 2. The maximum Gasteiger partial charge on any atom is 0.267 e. The van der Waals surface area contributed by atoms with Crippen molar-refractivity contribution in [2.75, 3.05) is 6.54 Å². The number of carbonyl (C=O) groups is 1. The Labute approximate surface area is 163 Å². The van der Waals surface area contributed by atoms with Crippen LogP contribution >= 0.6 is 0 Å². The van der Waals surface area contributed by atoms with Crippen LogP contribution in [0.25, 0.3) is 21.9 Å². The zero-order valence-electron chi connectivity index (χ0n) is 15.7. The highest BCUT2D eigenvalue weighted by atomic mass is 16.1. The number of nitrogens with one attached hydrogen (secondary N) is 3. The molecule has 1 aliphatic rings. The fraction of sp³-hybridized carbons (Fsp3) is 0.304. The van der Waals surface area contributed by atoms with E-state index in [0.717, 1.165) is 60.0 Å². The van der Waals surface area contributed by atoms with Gasteiger partial charge in [-0.3, -0.25) is 4.79 Å². The standard InChI is InChI=1S/C23H24N4O/c28-23(21-13-17-5-1-2-6-18(17)25-21)24-14-15-9-11-16(12-10-15)22-26-19-7-3-4-8-20(19)27-22/h1-8,13,15-16,25H,9-12,14H2,(H,24,28)(H,26,27). The first-order valence-electron chi connectivity index (χ1n) is 10.1. The van der Waals surface area contributed by atoms with E-state index in [1.165, 1.54) is 0 Å². The summed E-state index contributed by atoms with van der Waals surface area (Å²) in [5, 5.41) is 4.18. The van der Waals surface area contributed by atoms with Crippen LogP contribution in [0.5, 0.6) is 0 Å². The van der Waals surface area contributed by atoms with Gasteiger partial charge in [-0.25, -0.2) is 4.98 Å². The minimum atomic E-state index is -0.0180. The van der Waals surface area contributed by atoms with Crippen molar-refractivity contribution in [3.63, 3.8) is 0 Å². The number of fused-ring (bicyclic) bond motifs is 2. The molecule has 5 nitrogen and oxygen atoms in total. The summed E-state index contributed by atoms with van der Waals surface area (Å²) >= 11 is 0. The van der Waals surface area contributed by atoms with Gasteiger partial charge >= 0.3 is 0 Å². The highest BCUT2D eigenvalue weighted by Crippen LogP contribution is 2.35. The largest absolute Gasteiger partial charge is 0.351 e. The number of H-pyrrole nitrogens is 2. The molecule has 0 radical (unpaired) electrons. The maximum absolute atomic E-state index is 12.5. The molecule has 1 amide bonds. The average molecular weight is 372 g/mol. The quantitative estimate of drug-likeness (QED) is 0.484. The number of hydrogen-bond acceptors (Lipinski definition) is 2. The van der Waals surface area contributed by atoms with Crippen molar-refractivity contribution in [2.45, 2.75) is 31.6 Å². The first-order chi connectivity index (χ1) is 13.8. The number of hydrogen-bond donors (Lipinski definition) is 3. The third-order valence-corrected chi connectivity index (χ3v) is 5.97. The van der Waals surface area contributed by atoms with Crippen molar-refractivity contribution in [3.8, 4) is 0 Å². The van der Waals surface area contributed by atoms with Crippen LogP contribution in [0.4, 0.5) is 0 Å². The van der Waals surface area contributed by atoms with Crippen molar-refractivity contribution < 1.29 is 4.79 Å². The molecule has 5 heteroatoms. The molecular formula is C23H24N4O. The van der Waals surface area contributed by atoms with Crippen LogP contribution < -0.4 is 5.32 Å². The Hall–Kier alpha value is -3.08. The molecule has 2 aromatic heterocycles. The normalized spacial score (nSPS) is 19.9. The van der Waals surface area contributed by atoms with Crippen LogP contribution in [0.2, 0.25) is 0 Å². The van der Waals surface area contributed by atoms with Crippen LogP contribution in [-0.2, 0) is 0 Å². The van der Waals surface area contributed by atoms with Gasteiger partial charge in [0, 0.05) is 23.4 Å². The number of rotatable bonds is 4. The van der Waals surface area contributed by atoms with Crippen molar-refractivity contribution in [2.24, 2.45) is 5.92 Å². The molecule has 1 aliphatic carbocycles. The van der Waals surface area contributed by atoms with E-state index in [-0.39, 0.29) is 5.91 Å². The predicted molar refractivity (Wildman–Crippen MR) is 111 cm³/mol. The lowest BCUT2D eigenvalue weighted by Crippen LogP contribution is -2.31. The molecule has 0 spiro atoms. The highest BCUT2D eigenvalue weighted by Gasteiger charge is 2.25. The van der Waals surface area contributed by atoms with E-state index in [9.17, 15) is 4.79 Å². The van der Waals surface area contributed by atoms with Crippen molar-refractivity contribution in [1.82, 2.24) is 20.3 Å². The highest BCUT2D eigenvalue weighted by molar-refractivity contribution is 5.97. The molecule has 2 heterocycles. The minimum absolute atomic E-state index is 0.0180. The van der Waals surface area contributed by atoms with Crippen LogP contribution in [0.1, 0.15) is 47.9 Å². The van der Waals surface area contributed by atoms with Crippen molar-refractivity contribution >= 4 is 27.8 Å². The SMILES string of the molecule is O=C(NCC1CCC(c2nc3ccccc3[nH]2)CC1)c1cc2ccccc2[nH]1. The summed E-state index contributed by atoms with van der Waals surface area (Å²) in [5.74, 6) is 2.12. The Morgan fingerprint density at radius 1 is 0.964 bits per heavy atom. The summed E-state index contributed by atoms with van der Waals surface area (Å²) in [7, 11) is 0. The molecule has 0 aliphatic heterocycles. The smallest absolute Gasteiger partial charge is 0.267 e. The van der Waals surface area contributed by atoms with Crippen LogP contribution in [0.3, 0.4) is 0 Å². The van der Waals surface area contributed by atoms with Crippen molar-refractivity contribution in [1.29, 1.82) is 0 Å². The van der Waals surface area contributed by atoms with Crippen LogP contribution in [0, 0.1) is 5.92 Å². The van der Waals surface area contributed by atoms with Gasteiger partial charge in [-0.2, -0.15) is 0 Å². The number of nitrogens with zero attached hydrogens (tertiary/aromatic N) is 1.